The van der Waals surface area contributed by atoms with E-state index in [4.69, 9.17) is 20.9 Å². The van der Waals surface area contributed by atoms with Crippen LogP contribution in [0.2, 0.25) is 0 Å². The van der Waals surface area contributed by atoms with Crippen LogP contribution in [-0.4, -0.2) is 73.1 Å². The number of carbonyl (C=O) groups is 1. The van der Waals surface area contributed by atoms with Gasteiger partial charge in [0.1, 0.15) is 36.0 Å². The molecular weight excluding hydrogens is 389 g/mol. The van der Waals surface area contributed by atoms with Crippen LogP contribution < -0.4 is 11.5 Å². The fraction of sp³-hybridized carbons (Fsp3) is 0.588. The normalized spacial score (nSPS) is 30.8. The molecule has 2 aromatic rings. The number of alkyl halides is 1. The Kier molecular flexibility index (Phi) is 5.49. The molecule has 3 rings (SSSR count). The van der Waals surface area contributed by atoms with Crippen LogP contribution in [0, 0.1) is 5.92 Å². The molecule has 0 aromatic carbocycles. The Balaban J connectivity index is 1.93. The van der Waals surface area contributed by atoms with Gasteiger partial charge in [-0.2, -0.15) is 0 Å². The van der Waals surface area contributed by atoms with Crippen LogP contribution in [0.3, 0.4) is 0 Å². The Morgan fingerprint density at radius 2 is 2.10 bits per heavy atom. The summed E-state index contributed by atoms with van der Waals surface area (Å²) >= 11 is 0. The average molecular weight is 413 g/mol. The van der Waals surface area contributed by atoms with Crippen molar-refractivity contribution in [3.63, 3.8) is 0 Å². The molecule has 1 aliphatic heterocycles. The number of rotatable bonds is 6. The molecule has 2 aromatic heterocycles. The molecule has 29 heavy (non-hydrogen) atoms. The Morgan fingerprint density at radius 1 is 1.41 bits per heavy atom. The molecule has 0 radical (unpaired) electrons. The van der Waals surface area contributed by atoms with Gasteiger partial charge in [-0.15, -0.1) is 0 Å². The molecule has 5 atom stereocenters. The molecule has 1 saturated heterocycles. The Labute approximate surface area is 165 Å². The maximum atomic E-state index is 15.4. The summed E-state index contributed by atoms with van der Waals surface area (Å²) in [4.78, 5) is 19.8. The van der Waals surface area contributed by atoms with Gasteiger partial charge in [0.15, 0.2) is 6.61 Å². The molecule has 11 nitrogen and oxygen atoms in total. The second-order valence-electron chi connectivity index (χ2n) is 7.34. The third-order valence-corrected chi connectivity index (χ3v) is 5.10. The summed E-state index contributed by atoms with van der Waals surface area (Å²) in [5.74, 6) is -4.04. The highest BCUT2D eigenvalue weighted by Gasteiger charge is 2.65. The number of anilines is 1. The molecular formula is C17H24FN5O6. The van der Waals surface area contributed by atoms with Gasteiger partial charge >= 0.3 is 5.97 Å². The number of aliphatic hydroxyl groups excluding tert-OH is 3. The van der Waals surface area contributed by atoms with Crippen LogP contribution in [0.1, 0.15) is 13.8 Å². The van der Waals surface area contributed by atoms with Crippen LogP contribution in [0.25, 0.3) is 11.0 Å². The second kappa shape index (κ2) is 7.46. The topological polar surface area (TPSA) is 179 Å². The maximum Gasteiger partial charge on any atom is 0.323 e. The molecule has 0 saturated carbocycles. The van der Waals surface area contributed by atoms with E-state index in [1.165, 1.54) is 12.3 Å². The van der Waals surface area contributed by atoms with Gasteiger partial charge in [-0.1, -0.05) is 13.8 Å². The molecule has 12 heteroatoms. The van der Waals surface area contributed by atoms with Crippen molar-refractivity contribution in [2.45, 2.75) is 43.7 Å². The number of aliphatic hydroxyl groups is 3. The molecule has 7 N–H and O–H groups in total. The van der Waals surface area contributed by atoms with Crippen molar-refractivity contribution in [2.24, 2.45) is 11.7 Å². The summed E-state index contributed by atoms with van der Waals surface area (Å²) in [5, 5.41) is 31.2. The summed E-state index contributed by atoms with van der Waals surface area (Å²) in [5.41, 5.74) is 9.43. The van der Waals surface area contributed by atoms with E-state index in [-0.39, 0.29) is 17.4 Å². The lowest BCUT2D eigenvalue weighted by atomic mass is 10.0. The van der Waals surface area contributed by atoms with E-state index in [2.05, 4.69) is 9.97 Å². The summed E-state index contributed by atoms with van der Waals surface area (Å²) in [6.45, 7) is 1.40. The number of carbonyl (C=O) groups excluding carboxylic acids is 1. The Hall–Kier alpha value is -2.38. The Bertz CT molecular complexity index is 910. The van der Waals surface area contributed by atoms with Crippen molar-refractivity contribution < 1.29 is 34.0 Å². The number of aromatic nitrogens is 3. The van der Waals surface area contributed by atoms with Gasteiger partial charge in [0.2, 0.25) is 5.72 Å². The number of nitrogen functional groups attached to an aromatic ring is 1. The van der Waals surface area contributed by atoms with Crippen molar-refractivity contribution in [3.05, 3.63) is 18.6 Å². The van der Waals surface area contributed by atoms with Crippen molar-refractivity contribution >= 4 is 22.8 Å². The highest BCUT2D eigenvalue weighted by atomic mass is 19.2. The predicted octanol–water partition coefficient (Wildman–Crippen LogP) is -1.40. The second-order valence-corrected chi connectivity index (χ2v) is 7.34. The molecule has 160 valence electrons. The Morgan fingerprint density at radius 3 is 2.72 bits per heavy atom. The number of hydrogen-bond donors (Lipinski definition) is 5. The van der Waals surface area contributed by atoms with Crippen molar-refractivity contribution in [2.75, 3.05) is 18.9 Å². The number of fused-ring (bicyclic) bond motifs is 1. The van der Waals surface area contributed by atoms with Crippen molar-refractivity contribution in [3.8, 4) is 0 Å². The van der Waals surface area contributed by atoms with Gasteiger partial charge in [-0.25, -0.2) is 14.4 Å². The lowest BCUT2D eigenvalue weighted by Crippen LogP contribution is -2.48. The zero-order chi connectivity index (χ0) is 21.6. The summed E-state index contributed by atoms with van der Waals surface area (Å²) < 4.78 is 26.7. The first kappa shape index (κ1) is 21.3. The summed E-state index contributed by atoms with van der Waals surface area (Å²) in [6.07, 6.45) is -1.57. The van der Waals surface area contributed by atoms with E-state index in [0.717, 1.165) is 10.9 Å². The highest BCUT2D eigenvalue weighted by Crippen LogP contribution is 2.44. The fourth-order valence-corrected chi connectivity index (χ4v) is 3.22. The first-order valence-electron chi connectivity index (χ1n) is 8.93. The molecule has 1 aliphatic rings. The third-order valence-electron chi connectivity index (χ3n) is 5.10. The molecule has 0 spiro atoms. The van der Waals surface area contributed by atoms with E-state index >= 15 is 4.39 Å². The predicted molar refractivity (Wildman–Crippen MR) is 97.7 cm³/mol. The third kappa shape index (κ3) is 3.32. The van der Waals surface area contributed by atoms with E-state index < -0.39 is 49.0 Å². The minimum atomic E-state index is -3.01. The molecule has 3 heterocycles. The zero-order valence-electron chi connectivity index (χ0n) is 15.9. The molecule has 0 amide bonds. The quantitative estimate of drug-likeness (QED) is 0.354. The van der Waals surface area contributed by atoms with E-state index in [1.807, 2.05) is 0 Å². The van der Waals surface area contributed by atoms with Gasteiger partial charge in [-0.3, -0.25) is 9.36 Å². The number of ether oxygens (including phenoxy) is 2. The van der Waals surface area contributed by atoms with Gasteiger partial charge in [-0.05, 0) is 12.0 Å². The summed E-state index contributed by atoms with van der Waals surface area (Å²) in [7, 11) is 0. The minimum absolute atomic E-state index is 0.123. The monoisotopic (exact) mass is 413 g/mol. The van der Waals surface area contributed by atoms with Crippen LogP contribution in [0.5, 0.6) is 0 Å². The van der Waals surface area contributed by atoms with Crippen molar-refractivity contribution in [1.29, 1.82) is 0 Å². The average Bonchev–Trinajstić information content (AvgIpc) is 3.21. The number of esters is 1. The molecule has 0 unspecified atom stereocenters. The summed E-state index contributed by atoms with van der Waals surface area (Å²) in [6, 6.07) is 0.488. The van der Waals surface area contributed by atoms with Gasteiger partial charge < -0.3 is 36.3 Å². The van der Waals surface area contributed by atoms with Gasteiger partial charge in [0, 0.05) is 6.20 Å². The van der Waals surface area contributed by atoms with E-state index in [0.29, 0.717) is 5.39 Å². The smallest absolute Gasteiger partial charge is 0.323 e. The molecule has 1 fully saturated rings. The largest absolute Gasteiger partial charge is 0.458 e. The highest BCUT2D eigenvalue weighted by molar-refractivity contribution is 5.86. The lowest BCUT2D eigenvalue weighted by molar-refractivity contribution is -0.257. The lowest BCUT2D eigenvalue weighted by Gasteiger charge is -2.32. The van der Waals surface area contributed by atoms with Crippen LogP contribution in [-0.2, 0) is 20.0 Å². The minimum Gasteiger partial charge on any atom is -0.458 e. The van der Waals surface area contributed by atoms with Crippen LogP contribution >= 0.6 is 0 Å². The number of nitrogens with two attached hydrogens (primary N) is 2. The number of nitrogens with zero attached hydrogens (tertiary/aromatic N) is 3. The fourth-order valence-electron chi connectivity index (χ4n) is 3.22. The zero-order valence-corrected chi connectivity index (χ0v) is 15.9. The van der Waals surface area contributed by atoms with Gasteiger partial charge in [0.25, 0.3) is 5.85 Å². The molecule has 0 aliphatic carbocycles. The van der Waals surface area contributed by atoms with E-state index in [9.17, 15) is 20.1 Å². The van der Waals surface area contributed by atoms with Gasteiger partial charge in [0.05, 0.1) is 12.0 Å². The van der Waals surface area contributed by atoms with Crippen LogP contribution in [0.4, 0.5) is 10.2 Å². The van der Waals surface area contributed by atoms with Crippen LogP contribution in [0.15, 0.2) is 18.6 Å². The number of hydrogen-bond acceptors (Lipinski definition) is 10. The van der Waals surface area contributed by atoms with E-state index in [1.54, 1.807) is 13.8 Å². The number of halogens is 1. The standard InChI is InChI=1S/C17H24FN5O6/c1-8(2)10(19)15(27)28-6-16(18)11(25)12(26)17(5-24,29-16)23-4-3-9-13(20)21-7-22-14(9)23/h3-4,7-8,10-12,24-26H,5-6,19H2,1-2H3,(H2,20,21,22)/t10-,11-,12+,16+,17+/m0/s1. The first-order valence-corrected chi connectivity index (χ1v) is 8.93. The maximum absolute atomic E-state index is 15.4. The van der Waals surface area contributed by atoms with Crippen molar-refractivity contribution in [1.82, 2.24) is 14.5 Å². The molecule has 0 bridgehead atoms. The SMILES string of the molecule is CC(C)[C@H](N)C(=O)OC[C@@]1(F)O[C@@](CO)(n2ccc3c(N)ncnc32)[C@H](O)[C@@H]1O. The first-order chi connectivity index (χ1) is 13.6.